The van der Waals surface area contributed by atoms with Crippen LogP contribution >= 0.6 is 11.3 Å². The molecule has 4 heteroatoms. The fourth-order valence-corrected chi connectivity index (χ4v) is 2.48. The summed E-state index contributed by atoms with van der Waals surface area (Å²) in [4.78, 5) is 13.9. The highest BCUT2D eigenvalue weighted by Crippen LogP contribution is 2.22. The van der Waals surface area contributed by atoms with E-state index < -0.39 is 0 Å². The molecule has 0 spiro atoms. The summed E-state index contributed by atoms with van der Waals surface area (Å²) >= 11 is 1.55. The Hall–Kier alpha value is -0.870. The smallest absolute Gasteiger partial charge is 0.261 e. The van der Waals surface area contributed by atoms with Crippen LogP contribution in [0.25, 0.3) is 0 Å². The van der Waals surface area contributed by atoms with Crippen molar-refractivity contribution in [1.82, 2.24) is 5.32 Å². The second-order valence-corrected chi connectivity index (χ2v) is 6.21. The Bertz CT molecular complexity index is 396. The molecular weight excluding hydrogens is 234 g/mol. The minimum Gasteiger partial charge on any atom is -0.396 e. The van der Waals surface area contributed by atoms with Crippen molar-refractivity contribution in [2.45, 2.75) is 34.1 Å². The third-order valence-electron chi connectivity index (χ3n) is 2.72. The number of rotatable bonds is 5. The number of hydrogen-bond acceptors (Lipinski definition) is 3. The third kappa shape index (κ3) is 3.82. The lowest BCUT2D eigenvalue weighted by molar-refractivity contribution is 0.0915. The molecule has 2 N–H and O–H groups in total. The molecular formula is C13H21NO2S. The summed E-state index contributed by atoms with van der Waals surface area (Å²) < 4.78 is 0. The van der Waals surface area contributed by atoms with E-state index in [0.717, 1.165) is 11.3 Å². The van der Waals surface area contributed by atoms with Gasteiger partial charge in [-0.05, 0) is 25.0 Å². The lowest BCUT2D eigenvalue weighted by Gasteiger charge is -2.21. The first kappa shape index (κ1) is 14.2. The molecule has 0 aromatic carbocycles. The first-order chi connectivity index (χ1) is 7.89. The zero-order valence-corrected chi connectivity index (χ0v) is 11.8. The van der Waals surface area contributed by atoms with Crippen LogP contribution in [0.2, 0.25) is 0 Å². The molecule has 0 aliphatic heterocycles. The highest BCUT2D eigenvalue weighted by molar-refractivity contribution is 7.14. The monoisotopic (exact) mass is 255 g/mol. The zero-order chi connectivity index (χ0) is 13.1. The van der Waals surface area contributed by atoms with E-state index in [1.807, 2.05) is 26.8 Å². The largest absolute Gasteiger partial charge is 0.396 e. The average molecular weight is 255 g/mol. The molecule has 1 aromatic heterocycles. The fraction of sp³-hybridized carbons (Fsp3) is 0.615. The van der Waals surface area contributed by atoms with E-state index in [2.05, 4.69) is 12.2 Å². The van der Waals surface area contributed by atoms with Crippen molar-refractivity contribution in [1.29, 1.82) is 0 Å². The summed E-state index contributed by atoms with van der Waals surface area (Å²) in [6.07, 6.45) is 0.964. The highest BCUT2D eigenvalue weighted by atomic mass is 32.1. The zero-order valence-electron chi connectivity index (χ0n) is 11.0. The van der Waals surface area contributed by atoms with Crippen molar-refractivity contribution in [2.24, 2.45) is 5.41 Å². The van der Waals surface area contributed by atoms with Gasteiger partial charge in [-0.1, -0.05) is 20.8 Å². The van der Waals surface area contributed by atoms with E-state index in [4.69, 9.17) is 5.11 Å². The number of nitrogens with one attached hydrogen (secondary N) is 1. The van der Waals surface area contributed by atoms with Crippen molar-refractivity contribution >= 4 is 17.2 Å². The van der Waals surface area contributed by atoms with Gasteiger partial charge in [0.05, 0.1) is 4.88 Å². The SMILES string of the molecule is CCc1sc(C(=O)NCC(C)(C)CO)cc1C. The number of carbonyl (C=O) groups is 1. The van der Waals surface area contributed by atoms with Gasteiger partial charge in [-0.15, -0.1) is 11.3 Å². The lowest BCUT2D eigenvalue weighted by atomic mass is 9.95. The molecule has 0 saturated carbocycles. The maximum Gasteiger partial charge on any atom is 0.261 e. The second-order valence-electron chi connectivity index (χ2n) is 5.08. The van der Waals surface area contributed by atoms with Gasteiger partial charge < -0.3 is 10.4 Å². The van der Waals surface area contributed by atoms with Gasteiger partial charge in [0.25, 0.3) is 5.91 Å². The summed E-state index contributed by atoms with van der Waals surface area (Å²) in [6.45, 7) is 8.52. The number of aliphatic hydroxyl groups excluding tert-OH is 1. The number of aliphatic hydroxyl groups is 1. The Kier molecular flexibility index (Phi) is 4.71. The average Bonchev–Trinajstić information content (AvgIpc) is 2.67. The molecule has 0 atom stereocenters. The van der Waals surface area contributed by atoms with E-state index in [0.29, 0.717) is 6.54 Å². The molecule has 3 nitrogen and oxygen atoms in total. The van der Waals surface area contributed by atoms with Crippen molar-refractivity contribution in [3.05, 3.63) is 21.4 Å². The van der Waals surface area contributed by atoms with E-state index in [9.17, 15) is 4.79 Å². The second kappa shape index (κ2) is 5.65. The molecule has 1 amide bonds. The quantitative estimate of drug-likeness (QED) is 0.848. The number of carbonyl (C=O) groups excluding carboxylic acids is 1. The van der Waals surface area contributed by atoms with Crippen LogP contribution in [0.4, 0.5) is 0 Å². The Morgan fingerprint density at radius 3 is 2.65 bits per heavy atom. The molecule has 1 heterocycles. The van der Waals surface area contributed by atoms with Crippen LogP contribution < -0.4 is 5.32 Å². The van der Waals surface area contributed by atoms with Crippen LogP contribution in [-0.2, 0) is 6.42 Å². The van der Waals surface area contributed by atoms with Gasteiger partial charge in [0.1, 0.15) is 0 Å². The molecule has 0 aliphatic carbocycles. The molecule has 0 radical (unpaired) electrons. The third-order valence-corrected chi connectivity index (χ3v) is 4.10. The maximum absolute atomic E-state index is 11.9. The Morgan fingerprint density at radius 2 is 2.18 bits per heavy atom. The van der Waals surface area contributed by atoms with E-state index >= 15 is 0 Å². The van der Waals surface area contributed by atoms with Crippen LogP contribution in [0.1, 0.15) is 40.9 Å². The number of aryl methyl sites for hydroxylation is 2. The standard InChI is InChI=1S/C13H21NO2S/c1-5-10-9(2)6-11(17-10)12(16)14-7-13(3,4)8-15/h6,15H,5,7-8H2,1-4H3,(H,14,16). The molecule has 0 fully saturated rings. The molecule has 0 aliphatic rings. The molecule has 0 unspecified atom stereocenters. The van der Waals surface area contributed by atoms with Gasteiger partial charge in [-0.2, -0.15) is 0 Å². The summed E-state index contributed by atoms with van der Waals surface area (Å²) in [5.41, 5.74) is 0.916. The Balaban J connectivity index is 2.64. The highest BCUT2D eigenvalue weighted by Gasteiger charge is 2.19. The van der Waals surface area contributed by atoms with Crippen LogP contribution in [-0.4, -0.2) is 24.2 Å². The molecule has 0 saturated heterocycles. The van der Waals surface area contributed by atoms with Gasteiger partial charge in [-0.3, -0.25) is 4.79 Å². The molecule has 1 aromatic rings. The van der Waals surface area contributed by atoms with Crippen molar-refractivity contribution in [3.8, 4) is 0 Å². The first-order valence-corrected chi connectivity index (χ1v) is 6.69. The Labute approximate surface area is 107 Å². The van der Waals surface area contributed by atoms with Crippen LogP contribution in [0.3, 0.4) is 0 Å². The molecule has 96 valence electrons. The van der Waals surface area contributed by atoms with Gasteiger partial charge in [0.15, 0.2) is 0 Å². The number of amides is 1. The van der Waals surface area contributed by atoms with Crippen LogP contribution in [0, 0.1) is 12.3 Å². The van der Waals surface area contributed by atoms with Gasteiger partial charge in [0.2, 0.25) is 0 Å². The van der Waals surface area contributed by atoms with Gasteiger partial charge >= 0.3 is 0 Å². The Morgan fingerprint density at radius 1 is 1.53 bits per heavy atom. The van der Waals surface area contributed by atoms with Gasteiger partial charge in [0, 0.05) is 23.4 Å². The summed E-state index contributed by atoms with van der Waals surface area (Å²) in [5.74, 6) is -0.0423. The van der Waals surface area contributed by atoms with E-state index in [1.165, 1.54) is 10.4 Å². The molecule has 17 heavy (non-hydrogen) atoms. The predicted molar refractivity (Wildman–Crippen MR) is 71.6 cm³/mol. The number of hydrogen-bond donors (Lipinski definition) is 2. The summed E-state index contributed by atoms with van der Waals surface area (Å²) in [7, 11) is 0. The minimum atomic E-state index is -0.268. The summed E-state index contributed by atoms with van der Waals surface area (Å²) in [5, 5.41) is 12.0. The predicted octanol–water partition coefficient (Wildman–Crippen LogP) is 2.37. The molecule has 1 rings (SSSR count). The van der Waals surface area contributed by atoms with Crippen molar-refractivity contribution in [2.75, 3.05) is 13.2 Å². The number of thiophene rings is 1. The van der Waals surface area contributed by atoms with E-state index in [-0.39, 0.29) is 17.9 Å². The first-order valence-electron chi connectivity index (χ1n) is 5.88. The topological polar surface area (TPSA) is 49.3 Å². The lowest BCUT2D eigenvalue weighted by Crippen LogP contribution is -2.35. The van der Waals surface area contributed by atoms with E-state index in [1.54, 1.807) is 11.3 Å². The molecule has 0 bridgehead atoms. The van der Waals surface area contributed by atoms with Crippen LogP contribution in [0.5, 0.6) is 0 Å². The normalized spacial score (nSPS) is 11.6. The maximum atomic E-state index is 11.9. The van der Waals surface area contributed by atoms with Crippen LogP contribution in [0.15, 0.2) is 6.07 Å². The summed E-state index contributed by atoms with van der Waals surface area (Å²) in [6, 6.07) is 1.94. The van der Waals surface area contributed by atoms with Crippen molar-refractivity contribution < 1.29 is 9.90 Å². The van der Waals surface area contributed by atoms with Gasteiger partial charge in [-0.25, -0.2) is 0 Å². The van der Waals surface area contributed by atoms with Crippen molar-refractivity contribution in [3.63, 3.8) is 0 Å². The fourth-order valence-electron chi connectivity index (χ4n) is 1.45. The minimum absolute atomic E-state index is 0.0423.